The largest absolute Gasteiger partial charge is 0.478 e. The van der Waals surface area contributed by atoms with Crippen molar-refractivity contribution in [3.63, 3.8) is 0 Å². The van der Waals surface area contributed by atoms with Crippen molar-refractivity contribution in [2.45, 2.75) is 40.5 Å². The zero-order chi connectivity index (χ0) is 22.0. The van der Waals surface area contributed by atoms with Crippen LogP contribution in [0.25, 0.3) is 0 Å². The maximum Gasteiger partial charge on any atom is 0.332 e. The monoisotopic (exact) mass is 398 g/mol. The minimum atomic E-state index is -1.75. The van der Waals surface area contributed by atoms with Gasteiger partial charge in [-0.1, -0.05) is 0 Å². The molecular formula is C18H26N2O8. The number of carbonyl (C=O) groups is 6. The van der Waals surface area contributed by atoms with Crippen molar-refractivity contribution in [3.05, 3.63) is 11.1 Å². The Bertz CT molecular complexity index is 630. The summed E-state index contributed by atoms with van der Waals surface area (Å²) in [4.78, 5) is 73.7. The third kappa shape index (κ3) is 6.60. The first-order valence-electron chi connectivity index (χ1n) is 8.88. The van der Waals surface area contributed by atoms with E-state index in [4.69, 9.17) is 0 Å². The molecule has 0 aromatic heterocycles. The van der Waals surface area contributed by atoms with Crippen molar-refractivity contribution in [2.24, 2.45) is 0 Å². The third-order valence-electron chi connectivity index (χ3n) is 4.13. The average molecular weight is 398 g/mol. The summed E-state index contributed by atoms with van der Waals surface area (Å²) >= 11 is 0. The molecular weight excluding hydrogens is 372 g/mol. The van der Waals surface area contributed by atoms with Gasteiger partial charge in [-0.05, 0) is 27.7 Å². The lowest BCUT2D eigenvalue weighted by Gasteiger charge is -2.18. The number of ketones is 2. The van der Waals surface area contributed by atoms with Crippen molar-refractivity contribution in [1.29, 1.82) is 0 Å². The van der Waals surface area contributed by atoms with E-state index in [1.165, 1.54) is 0 Å². The highest BCUT2D eigenvalue weighted by molar-refractivity contribution is 6.38. The molecule has 0 bridgehead atoms. The summed E-state index contributed by atoms with van der Waals surface area (Å²) in [6, 6.07) is 0. The molecule has 0 spiro atoms. The van der Waals surface area contributed by atoms with E-state index in [0.717, 1.165) is 9.80 Å². The molecule has 2 N–H and O–H groups in total. The van der Waals surface area contributed by atoms with Crippen LogP contribution in [0, 0.1) is 0 Å². The summed E-state index contributed by atoms with van der Waals surface area (Å²) in [6.07, 6.45) is -1.97. The van der Waals surface area contributed by atoms with Crippen LogP contribution in [0.3, 0.4) is 0 Å². The molecule has 0 aromatic rings. The first kappa shape index (κ1) is 25.0. The number of amides is 2. The maximum absolute atomic E-state index is 12.1. The molecule has 10 heteroatoms. The van der Waals surface area contributed by atoms with Crippen molar-refractivity contribution >= 4 is 35.3 Å². The molecule has 0 rings (SSSR count). The van der Waals surface area contributed by atoms with Crippen LogP contribution in [0.2, 0.25) is 0 Å². The Morgan fingerprint density at radius 2 is 0.821 bits per heavy atom. The number of carboxylic acids is 2. The number of likely N-dealkylation sites (N-methyl/N-ethyl adjacent to an activating group) is 2. The topological polar surface area (TPSA) is 149 Å². The molecule has 0 aliphatic carbocycles. The summed E-state index contributed by atoms with van der Waals surface area (Å²) in [5.41, 5.74) is -1.78. The Balaban J connectivity index is 5.83. The van der Waals surface area contributed by atoms with Crippen LogP contribution in [0.5, 0.6) is 0 Å². The van der Waals surface area contributed by atoms with Gasteiger partial charge in [0.2, 0.25) is 11.6 Å². The summed E-state index contributed by atoms with van der Waals surface area (Å²) in [6.45, 7) is 7.38. The number of aliphatic carboxylic acids is 2. The Labute approximate surface area is 162 Å². The Morgan fingerprint density at radius 3 is 1.00 bits per heavy atom. The van der Waals surface area contributed by atoms with E-state index in [1.807, 2.05) is 0 Å². The number of hydrogen-bond donors (Lipinski definition) is 2. The lowest BCUT2D eigenvalue weighted by Crippen LogP contribution is -2.37. The molecule has 0 aliphatic rings. The molecule has 156 valence electrons. The van der Waals surface area contributed by atoms with Crippen molar-refractivity contribution < 1.29 is 39.0 Å². The van der Waals surface area contributed by atoms with Crippen LogP contribution in [-0.2, 0) is 28.8 Å². The van der Waals surface area contributed by atoms with Crippen LogP contribution in [-0.4, -0.2) is 81.5 Å². The van der Waals surface area contributed by atoms with Crippen LogP contribution in [0.4, 0.5) is 0 Å². The van der Waals surface area contributed by atoms with Crippen molar-refractivity contribution in [1.82, 2.24) is 9.80 Å². The lowest BCUT2D eigenvalue weighted by molar-refractivity contribution is -0.145. The zero-order valence-corrected chi connectivity index (χ0v) is 16.5. The molecule has 0 unspecified atom stereocenters. The quantitative estimate of drug-likeness (QED) is 0.347. The predicted octanol–water partition coefficient (Wildman–Crippen LogP) is 0.107. The van der Waals surface area contributed by atoms with Gasteiger partial charge in [0, 0.05) is 39.0 Å². The second-order valence-corrected chi connectivity index (χ2v) is 5.72. The van der Waals surface area contributed by atoms with Gasteiger partial charge < -0.3 is 20.0 Å². The number of Topliss-reactive ketones (excluding diaryl/α,β-unsaturated/α-hetero) is 2. The number of hydrogen-bond acceptors (Lipinski definition) is 6. The molecule has 28 heavy (non-hydrogen) atoms. The van der Waals surface area contributed by atoms with Gasteiger partial charge >= 0.3 is 11.9 Å². The molecule has 0 radical (unpaired) electrons. The summed E-state index contributed by atoms with van der Waals surface area (Å²) in [7, 11) is 0. The zero-order valence-electron chi connectivity index (χ0n) is 16.5. The van der Waals surface area contributed by atoms with Crippen LogP contribution in [0.15, 0.2) is 11.1 Å². The van der Waals surface area contributed by atoms with Gasteiger partial charge in [-0.25, -0.2) is 9.59 Å². The highest BCUT2D eigenvalue weighted by Crippen LogP contribution is 2.16. The second kappa shape index (κ2) is 11.6. The molecule has 0 atom stereocenters. The van der Waals surface area contributed by atoms with Crippen molar-refractivity contribution in [2.75, 3.05) is 26.2 Å². The smallest absolute Gasteiger partial charge is 0.332 e. The Kier molecular flexibility index (Phi) is 10.4. The maximum atomic E-state index is 12.1. The summed E-state index contributed by atoms with van der Waals surface area (Å²) in [5, 5.41) is 18.6. The van der Waals surface area contributed by atoms with Gasteiger partial charge in [-0.15, -0.1) is 0 Å². The Hall–Kier alpha value is -3.04. The number of nitrogens with zero attached hydrogens (tertiary/aromatic N) is 2. The molecule has 0 saturated carbocycles. The standard InChI is InChI=1S/C18H26N2O8/c1-5-19(6-2)15(23)13(21)9-11(17(25)26)12(18(27)28)10-14(22)16(24)20(7-3)8-4/h5-10H2,1-4H3,(H,25,26)(H,27,28). The summed E-state index contributed by atoms with van der Waals surface area (Å²) < 4.78 is 0. The van der Waals surface area contributed by atoms with Gasteiger partial charge in [0.1, 0.15) is 0 Å². The van der Waals surface area contributed by atoms with E-state index in [1.54, 1.807) is 27.7 Å². The fraction of sp³-hybridized carbons (Fsp3) is 0.556. The van der Waals surface area contributed by atoms with Gasteiger partial charge in [0.15, 0.2) is 0 Å². The first-order chi connectivity index (χ1) is 13.0. The molecule has 2 amide bonds. The van der Waals surface area contributed by atoms with Crippen molar-refractivity contribution in [3.8, 4) is 0 Å². The van der Waals surface area contributed by atoms with Gasteiger partial charge in [-0.2, -0.15) is 0 Å². The van der Waals surface area contributed by atoms with Crippen LogP contribution >= 0.6 is 0 Å². The van der Waals surface area contributed by atoms with Gasteiger partial charge in [0.05, 0.1) is 11.1 Å². The number of rotatable bonds is 12. The minimum Gasteiger partial charge on any atom is -0.478 e. The second-order valence-electron chi connectivity index (χ2n) is 5.72. The Morgan fingerprint density at radius 1 is 0.571 bits per heavy atom. The molecule has 0 aliphatic heterocycles. The SMILES string of the molecule is CCN(CC)C(=O)C(=O)CC(C(=O)O)=C(CC(=O)C(=O)N(CC)CC)C(=O)O. The number of carbonyl (C=O) groups excluding carboxylic acids is 4. The van der Waals surface area contributed by atoms with E-state index < -0.39 is 59.3 Å². The van der Waals surface area contributed by atoms with Gasteiger partial charge in [-0.3, -0.25) is 19.2 Å². The van der Waals surface area contributed by atoms with E-state index in [2.05, 4.69) is 0 Å². The van der Waals surface area contributed by atoms with Gasteiger partial charge in [0.25, 0.3) is 11.8 Å². The fourth-order valence-electron chi connectivity index (χ4n) is 2.47. The summed E-state index contributed by atoms with van der Waals surface area (Å²) in [5.74, 6) is -7.61. The highest BCUT2D eigenvalue weighted by Gasteiger charge is 2.30. The minimum absolute atomic E-state index is 0.218. The molecule has 0 aromatic carbocycles. The van der Waals surface area contributed by atoms with E-state index >= 15 is 0 Å². The lowest BCUT2D eigenvalue weighted by atomic mass is 9.97. The number of carboxylic acid groups (broad SMARTS) is 2. The van der Waals surface area contributed by atoms with E-state index in [-0.39, 0.29) is 26.2 Å². The predicted molar refractivity (Wildman–Crippen MR) is 97.4 cm³/mol. The third-order valence-corrected chi connectivity index (χ3v) is 4.13. The van der Waals surface area contributed by atoms with Crippen LogP contribution < -0.4 is 0 Å². The molecule has 0 heterocycles. The average Bonchev–Trinajstić information content (AvgIpc) is 2.65. The molecule has 0 saturated heterocycles. The van der Waals surface area contributed by atoms with E-state index in [0.29, 0.717) is 0 Å². The molecule has 10 nitrogen and oxygen atoms in total. The molecule has 0 fully saturated rings. The highest BCUT2D eigenvalue weighted by atomic mass is 16.4. The normalized spacial score (nSPS) is 11.3. The van der Waals surface area contributed by atoms with Crippen LogP contribution in [0.1, 0.15) is 40.5 Å². The fourth-order valence-corrected chi connectivity index (χ4v) is 2.47. The van der Waals surface area contributed by atoms with E-state index in [9.17, 15) is 39.0 Å². The first-order valence-corrected chi connectivity index (χ1v) is 8.88.